The molecule has 3 N–H and O–H groups in total. The Morgan fingerprint density at radius 3 is 2.62 bits per heavy atom. The lowest BCUT2D eigenvalue weighted by Gasteiger charge is -2.12. The van der Waals surface area contributed by atoms with Gasteiger partial charge in [0.1, 0.15) is 5.75 Å². The molecule has 0 heterocycles. The summed E-state index contributed by atoms with van der Waals surface area (Å²) in [5, 5.41) is 9.24. The molecular formula is C9H12N2O2. The second kappa shape index (κ2) is 3.35. The van der Waals surface area contributed by atoms with Crippen molar-refractivity contribution in [3.63, 3.8) is 0 Å². The Bertz CT molecular complexity index is 334. The van der Waals surface area contributed by atoms with Gasteiger partial charge in [-0.05, 0) is 12.1 Å². The molecule has 0 fully saturated rings. The Morgan fingerprint density at radius 1 is 1.46 bits per heavy atom. The molecule has 0 unspecified atom stereocenters. The van der Waals surface area contributed by atoms with E-state index < -0.39 is 0 Å². The summed E-state index contributed by atoms with van der Waals surface area (Å²) in [6, 6.07) is 4.61. The monoisotopic (exact) mass is 180 g/mol. The number of amides is 1. The summed E-state index contributed by atoms with van der Waals surface area (Å²) in [6.07, 6.45) is 0. The van der Waals surface area contributed by atoms with Crippen LogP contribution in [-0.2, 0) is 0 Å². The number of anilines is 1. The van der Waals surface area contributed by atoms with Gasteiger partial charge in [-0.2, -0.15) is 0 Å². The number of carbonyl (C=O) groups excluding carboxylic acids is 1. The van der Waals surface area contributed by atoms with Crippen molar-refractivity contribution < 1.29 is 9.90 Å². The fourth-order valence-electron chi connectivity index (χ4n) is 0.980. The number of phenolic OH excluding ortho intramolecular Hbond substituents is 1. The van der Waals surface area contributed by atoms with Gasteiger partial charge in [-0.15, -0.1) is 0 Å². The highest BCUT2D eigenvalue weighted by atomic mass is 16.3. The highest BCUT2D eigenvalue weighted by molar-refractivity contribution is 5.99. The lowest BCUT2D eigenvalue weighted by molar-refractivity contribution is 0.0828. The minimum absolute atomic E-state index is 0.0623. The first kappa shape index (κ1) is 9.38. The fourth-order valence-corrected chi connectivity index (χ4v) is 0.980. The first-order valence-electron chi connectivity index (χ1n) is 3.83. The summed E-state index contributed by atoms with van der Waals surface area (Å²) in [5.74, 6) is -0.277. The largest absolute Gasteiger partial charge is 0.506 e. The highest BCUT2D eigenvalue weighted by Crippen LogP contribution is 2.23. The van der Waals surface area contributed by atoms with Crippen LogP contribution in [-0.4, -0.2) is 30.0 Å². The molecule has 1 aromatic carbocycles. The summed E-state index contributed by atoms with van der Waals surface area (Å²) in [5.41, 5.74) is 5.97. The zero-order chi connectivity index (χ0) is 10.0. The van der Waals surface area contributed by atoms with Gasteiger partial charge in [0.25, 0.3) is 5.91 Å². The number of rotatable bonds is 1. The van der Waals surface area contributed by atoms with E-state index in [0.717, 1.165) is 0 Å². The Kier molecular flexibility index (Phi) is 2.41. The van der Waals surface area contributed by atoms with Gasteiger partial charge in [-0.1, -0.05) is 6.07 Å². The molecule has 0 radical (unpaired) electrons. The van der Waals surface area contributed by atoms with Gasteiger partial charge in [0, 0.05) is 14.1 Å². The summed E-state index contributed by atoms with van der Waals surface area (Å²) in [7, 11) is 3.26. The predicted molar refractivity (Wildman–Crippen MR) is 50.5 cm³/mol. The molecule has 4 nitrogen and oxygen atoms in total. The van der Waals surface area contributed by atoms with E-state index in [1.165, 1.54) is 11.0 Å². The number of nitrogens with zero attached hydrogens (tertiary/aromatic N) is 1. The van der Waals surface area contributed by atoms with E-state index in [-0.39, 0.29) is 17.3 Å². The maximum Gasteiger partial charge on any atom is 0.255 e. The van der Waals surface area contributed by atoms with Crippen LogP contribution in [0.25, 0.3) is 0 Å². The lowest BCUT2D eigenvalue weighted by Crippen LogP contribution is -2.22. The number of para-hydroxylation sites is 1. The number of hydrogen-bond donors (Lipinski definition) is 2. The van der Waals surface area contributed by atoms with Crippen LogP contribution in [0.15, 0.2) is 18.2 Å². The van der Waals surface area contributed by atoms with E-state index in [1.807, 2.05) is 0 Å². The average molecular weight is 180 g/mol. The predicted octanol–water partition coefficient (Wildman–Crippen LogP) is 0.676. The van der Waals surface area contributed by atoms with Crippen LogP contribution in [0, 0.1) is 0 Å². The zero-order valence-electron chi connectivity index (χ0n) is 7.61. The molecule has 1 rings (SSSR count). The topological polar surface area (TPSA) is 66.6 Å². The van der Waals surface area contributed by atoms with Crippen molar-refractivity contribution >= 4 is 11.6 Å². The molecule has 0 bridgehead atoms. The molecule has 0 aliphatic rings. The van der Waals surface area contributed by atoms with Crippen molar-refractivity contribution in [3.8, 4) is 5.75 Å². The van der Waals surface area contributed by atoms with Crippen molar-refractivity contribution in [2.24, 2.45) is 0 Å². The molecule has 4 heteroatoms. The molecule has 1 amide bonds. The van der Waals surface area contributed by atoms with E-state index in [0.29, 0.717) is 5.56 Å². The Balaban J connectivity index is 3.15. The maximum absolute atomic E-state index is 11.5. The van der Waals surface area contributed by atoms with Crippen LogP contribution in [0.3, 0.4) is 0 Å². The highest BCUT2D eigenvalue weighted by Gasteiger charge is 2.13. The van der Waals surface area contributed by atoms with Gasteiger partial charge in [-0.25, -0.2) is 0 Å². The third-order valence-corrected chi connectivity index (χ3v) is 1.72. The van der Waals surface area contributed by atoms with Gasteiger partial charge >= 0.3 is 0 Å². The smallest absolute Gasteiger partial charge is 0.255 e. The summed E-state index contributed by atoms with van der Waals surface area (Å²) < 4.78 is 0. The number of phenols is 1. The number of aromatic hydroxyl groups is 1. The van der Waals surface area contributed by atoms with Crippen molar-refractivity contribution in [2.45, 2.75) is 0 Å². The second-order valence-corrected chi connectivity index (χ2v) is 2.94. The van der Waals surface area contributed by atoms with E-state index in [9.17, 15) is 9.90 Å². The second-order valence-electron chi connectivity index (χ2n) is 2.94. The number of hydrogen-bond acceptors (Lipinski definition) is 3. The van der Waals surface area contributed by atoms with Crippen molar-refractivity contribution in [1.82, 2.24) is 4.90 Å². The molecule has 0 saturated carbocycles. The molecule has 0 spiro atoms. The normalized spacial score (nSPS) is 9.69. The van der Waals surface area contributed by atoms with Crippen LogP contribution in [0.2, 0.25) is 0 Å². The van der Waals surface area contributed by atoms with E-state index >= 15 is 0 Å². The summed E-state index contributed by atoms with van der Waals surface area (Å²) in [6.45, 7) is 0. The Labute approximate surface area is 76.6 Å². The van der Waals surface area contributed by atoms with E-state index in [1.54, 1.807) is 26.2 Å². The molecule has 70 valence electrons. The van der Waals surface area contributed by atoms with Crippen LogP contribution in [0.1, 0.15) is 10.4 Å². The zero-order valence-corrected chi connectivity index (χ0v) is 7.61. The third kappa shape index (κ3) is 1.72. The van der Waals surface area contributed by atoms with Crippen molar-refractivity contribution in [1.29, 1.82) is 0 Å². The molecule has 0 atom stereocenters. The van der Waals surface area contributed by atoms with Gasteiger partial charge < -0.3 is 15.7 Å². The Hall–Kier alpha value is -1.71. The number of nitrogens with two attached hydrogens (primary N) is 1. The van der Waals surface area contributed by atoms with E-state index in [2.05, 4.69) is 0 Å². The van der Waals surface area contributed by atoms with Crippen LogP contribution >= 0.6 is 0 Å². The van der Waals surface area contributed by atoms with E-state index in [4.69, 9.17) is 5.73 Å². The lowest BCUT2D eigenvalue weighted by atomic mass is 10.1. The molecule has 0 aliphatic carbocycles. The standard InChI is InChI=1S/C9H12N2O2/c1-11(2)9(13)6-4-3-5-7(12)8(6)10/h3-5,12H,10H2,1-2H3. The quantitative estimate of drug-likeness (QED) is 0.493. The fraction of sp³-hybridized carbons (Fsp3) is 0.222. The maximum atomic E-state index is 11.5. The van der Waals surface area contributed by atoms with Gasteiger partial charge in [0.15, 0.2) is 0 Å². The third-order valence-electron chi connectivity index (χ3n) is 1.72. The molecule has 0 aliphatic heterocycles. The Morgan fingerprint density at radius 2 is 2.08 bits per heavy atom. The van der Waals surface area contributed by atoms with Crippen molar-refractivity contribution in [2.75, 3.05) is 19.8 Å². The average Bonchev–Trinajstić information content (AvgIpc) is 2.08. The minimum atomic E-state index is -0.214. The molecule has 13 heavy (non-hydrogen) atoms. The molecular weight excluding hydrogens is 168 g/mol. The summed E-state index contributed by atoms with van der Waals surface area (Å²) in [4.78, 5) is 12.9. The van der Waals surface area contributed by atoms with Crippen molar-refractivity contribution in [3.05, 3.63) is 23.8 Å². The number of benzene rings is 1. The minimum Gasteiger partial charge on any atom is -0.506 e. The van der Waals surface area contributed by atoms with Crippen LogP contribution < -0.4 is 5.73 Å². The van der Waals surface area contributed by atoms with Crippen LogP contribution in [0.5, 0.6) is 5.75 Å². The molecule has 0 aromatic heterocycles. The van der Waals surface area contributed by atoms with Gasteiger partial charge in [-0.3, -0.25) is 4.79 Å². The van der Waals surface area contributed by atoms with Gasteiger partial charge in [0.2, 0.25) is 0 Å². The number of nitrogen functional groups attached to an aromatic ring is 1. The molecule has 0 saturated heterocycles. The first-order valence-corrected chi connectivity index (χ1v) is 3.83. The molecule has 1 aromatic rings. The summed E-state index contributed by atoms with van der Waals surface area (Å²) >= 11 is 0. The van der Waals surface area contributed by atoms with Gasteiger partial charge in [0.05, 0.1) is 11.3 Å². The first-order chi connectivity index (χ1) is 6.04. The SMILES string of the molecule is CN(C)C(=O)c1cccc(O)c1N. The number of carbonyl (C=O) groups is 1. The van der Waals surface area contributed by atoms with Crippen LogP contribution in [0.4, 0.5) is 5.69 Å².